The number of hydrogen-bond acceptors (Lipinski definition) is 15. The van der Waals surface area contributed by atoms with E-state index >= 15 is 0 Å². The summed E-state index contributed by atoms with van der Waals surface area (Å²) in [7, 11) is 4.34. The van der Waals surface area contributed by atoms with Crippen molar-refractivity contribution in [3.05, 3.63) is 71.8 Å². The number of carbonyl (C=O) groups excluding carboxylic acids is 4. The fraction of sp³-hybridized carbons (Fsp3) is 0.652. The number of nitrogens with zero attached hydrogens (tertiary/aromatic N) is 1. The molecule has 1 amide bonds. The van der Waals surface area contributed by atoms with Gasteiger partial charge in [0, 0.05) is 32.9 Å². The van der Waals surface area contributed by atoms with E-state index in [-0.39, 0.29) is 51.3 Å². The van der Waals surface area contributed by atoms with Crippen molar-refractivity contribution < 1.29 is 71.7 Å². The van der Waals surface area contributed by atoms with Crippen molar-refractivity contribution in [2.45, 2.75) is 147 Å². The molecule has 0 radical (unpaired) electrons. The summed E-state index contributed by atoms with van der Waals surface area (Å²) >= 11 is 0. The number of carbonyl (C=O) groups is 4. The van der Waals surface area contributed by atoms with Gasteiger partial charge in [-0.2, -0.15) is 0 Å². The zero-order valence-corrected chi connectivity index (χ0v) is 37.3. The molecule has 0 aromatic heterocycles. The number of hydrogen-bond donors (Lipinski definition) is 1. The highest BCUT2D eigenvalue weighted by molar-refractivity contribution is 5.89. The minimum atomic E-state index is -1.31. The number of likely N-dealkylation sites (N-methyl/N-ethyl adjacent to an activating group) is 1. The zero-order chi connectivity index (χ0) is 45.1. The van der Waals surface area contributed by atoms with Crippen LogP contribution in [0.1, 0.15) is 78.4 Å². The smallest absolute Gasteiger partial charge is 0.469 e. The van der Waals surface area contributed by atoms with Crippen LogP contribution < -0.4 is 0 Å². The standard InChI is InChI=1S/C46H65NO15/c1-10-36(48)46(26-57-46)23-27(2)39(29(4)40(30(5)42(50)54-9)60-37-22-35(53-8)38(49)31(6)59-37)61-43-41(62-45(52)56-25-33-19-15-12-16-20-33)34(21-28(3)58-43)47(7)44(51)55-24-32-17-13-11-14-18-32/h11-20,27-31,34-35,37-41,43,49H,10,21-26H2,1-9H3/t27-,28+,29+,30+,31-,34-,35-,37-,38-,39-,40-,41+,43-,46-/m0/s1. The van der Waals surface area contributed by atoms with Gasteiger partial charge in [0.15, 0.2) is 24.5 Å². The number of ether oxygens (including phenoxy) is 10. The number of amides is 1. The maximum Gasteiger partial charge on any atom is 0.509 e. The molecule has 2 aromatic rings. The Morgan fingerprint density at radius 1 is 0.871 bits per heavy atom. The van der Waals surface area contributed by atoms with Gasteiger partial charge < -0.3 is 57.4 Å². The van der Waals surface area contributed by atoms with E-state index in [0.29, 0.717) is 0 Å². The van der Waals surface area contributed by atoms with E-state index in [0.717, 1.165) is 11.1 Å². The molecule has 0 saturated carbocycles. The van der Waals surface area contributed by atoms with Crippen molar-refractivity contribution in [1.82, 2.24) is 4.90 Å². The molecule has 0 aliphatic carbocycles. The first kappa shape index (κ1) is 48.9. The minimum absolute atomic E-state index is 0.0120. The van der Waals surface area contributed by atoms with Gasteiger partial charge in [-0.3, -0.25) is 9.59 Å². The number of benzene rings is 2. The molecule has 0 bridgehead atoms. The van der Waals surface area contributed by atoms with Gasteiger partial charge in [0.05, 0.1) is 56.2 Å². The average molecular weight is 872 g/mol. The monoisotopic (exact) mass is 871 g/mol. The van der Waals surface area contributed by atoms with E-state index in [1.54, 1.807) is 40.0 Å². The van der Waals surface area contributed by atoms with Crippen LogP contribution in [0.25, 0.3) is 0 Å². The molecular weight excluding hydrogens is 806 g/mol. The van der Waals surface area contributed by atoms with Gasteiger partial charge in [-0.1, -0.05) is 81.4 Å². The van der Waals surface area contributed by atoms with Gasteiger partial charge in [0.1, 0.15) is 24.9 Å². The van der Waals surface area contributed by atoms with Crippen molar-refractivity contribution in [2.75, 3.05) is 27.9 Å². The molecule has 2 aromatic carbocycles. The third-order valence-electron chi connectivity index (χ3n) is 12.2. The summed E-state index contributed by atoms with van der Waals surface area (Å²) in [6, 6.07) is 17.5. The number of esters is 1. The van der Waals surface area contributed by atoms with Crippen molar-refractivity contribution in [1.29, 1.82) is 0 Å². The lowest BCUT2D eigenvalue weighted by atomic mass is 9.79. The lowest BCUT2D eigenvalue weighted by Crippen LogP contribution is -2.59. The van der Waals surface area contributed by atoms with Crippen molar-refractivity contribution in [3.63, 3.8) is 0 Å². The maximum atomic E-state index is 13.7. The number of ketones is 1. The van der Waals surface area contributed by atoms with Crippen molar-refractivity contribution >= 4 is 24.0 Å². The summed E-state index contributed by atoms with van der Waals surface area (Å²) in [5.74, 6) is -2.60. The molecule has 16 heteroatoms. The summed E-state index contributed by atoms with van der Waals surface area (Å²) < 4.78 is 60.2. The molecular formula is C46H65NO15. The Morgan fingerprint density at radius 3 is 2.05 bits per heavy atom. The van der Waals surface area contributed by atoms with Gasteiger partial charge in [0.25, 0.3) is 0 Å². The van der Waals surface area contributed by atoms with Crippen molar-refractivity contribution in [3.8, 4) is 0 Å². The number of aliphatic hydroxyl groups excluding tert-OH is 1. The lowest BCUT2D eigenvalue weighted by molar-refractivity contribution is -0.299. The first-order chi connectivity index (χ1) is 29.6. The largest absolute Gasteiger partial charge is 0.509 e. The van der Waals surface area contributed by atoms with Crippen LogP contribution in [0, 0.1) is 17.8 Å². The molecule has 16 nitrogen and oxygen atoms in total. The van der Waals surface area contributed by atoms with E-state index in [2.05, 4.69) is 0 Å². The summed E-state index contributed by atoms with van der Waals surface area (Å²) in [5.41, 5.74) is 0.503. The van der Waals surface area contributed by atoms with Crippen LogP contribution in [0.15, 0.2) is 60.7 Å². The van der Waals surface area contributed by atoms with Gasteiger partial charge in [-0.05, 0) is 50.7 Å². The number of rotatable bonds is 20. The Kier molecular flexibility index (Phi) is 17.7. The highest BCUT2D eigenvalue weighted by Gasteiger charge is 2.54. The quantitative estimate of drug-likeness (QED) is 0.0929. The Balaban J connectivity index is 1.49. The molecule has 3 aliphatic rings. The van der Waals surface area contributed by atoms with E-state index in [4.69, 9.17) is 47.4 Å². The number of methoxy groups -OCH3 is 2. The molecule has 62 heavy (non-hydrogen) atoms. The zero-order valence-electron chi connectivity index (χ0n) is 37.3. The summed E-state index contributed by atoms with van der Waals surface area (Å²) in [5, 5.41) is 10.7. The molecule has 0 spiro atoms. The Morgan fingerprint density at radius 2 is 1.48 bits per heavy atom. The third-order valence-corrected chi connectivity index (χ3v) is 12.2. The second-order valence-electron chi connectivity index (χ2n) is 16.8. The number of aliphatic hydroxyl groups is 1. The highest BCUT2D eigenvalue weighted by Crippen LogP contribution is 2.42. The molecule has 5 rings (SSSR count). The van der Waals surface area contributed by atoms with E-state index in [1.165, 1.54) is 19.1 Å². The normalized spacial score (nSPS) is 29.5. The van der Waals surface area contributed by atoms with Crippen LogP contribution in [-0.2, 0) is 70.2 Å². The first-order valence-electron chi connectivity index (χ1n) is 21.5. The number of Topliss-reactive ketones (excluding diaryl/α,β-unsaturated/α-hetero) is 1. The Bertz CT molecular complexity index is 1740. The lowest BCUT2D eigenvalue weighted by Gasteiger charge is -2.46. The van der Waals surface area contributed by atoms with Crippen molar-refractivity contribution in [2.24, 2.45) is 17.8 Å². The van der Waals surface area contributed by atoms with E-state index in [1.807, 2.05) is 69.3 Å². The SMILES string of the molecule is CCC(=O)[C@]1(C[C@H](C)[C@H](O[C@@H]2O[C@H](C)C[C@H](N(C)C(=O)OCc3ccccc3)[C@H]2OC(=O)OCc2ccccc2)[C@@H](C)[C@H](O[C@H]2C[C@H](OC)[C@@H](O)[C@H](C)O2)[C@@H](C)C(=O)OC)CO1. The first-order valence-corrected chi connectivity index (χ1v) is 21.5. The molecule has 3 saturated heterocycles. The summed E-state index contributed by atoms with van der Waals surface area (Å²) in [4.78, 5) is 55.2. The summed E-state index contributed by atoms with van der Waals surface area (Å²) in [6.07, 6.45) is -8.68. The van der Waals surface area contributed by atoms with Gasteiger partial charge >= 0.3 is 18.2 Å². The van der Waals surface area contributed by atoms with Gasteiger partial charge in [-0.15, -0.1) is 0 Å². The Labute approximate surface area is 364 Å². The highest BCUT2D eigenvalue weighted by atomic mass is 16.8. The second-order valence-corrected chi connectivity index (χ2v) is 16.8. The molecule has 0 unspecified atom stereocenters. The van der Waals surface area contributed by atoms with Crippen LogP contribution in [0.4, 0.5) is 9.59 Å². The average Bonchev–Trinajstić information content (AvgIpc) is 4.07. The Hall–Kier alpha value is -4.16. The predicted molar refractivity (Wildman–Crippen MR) is 222 cm³/mol. The molecule has 3 heterocycles. The molecule has 14 atom stereocenters. The van der Waals surface area contributed by atoms with Crippen LogP contribution in [0.2, 0.25) is 0 Å². The fourth-order valence-corrected chi connectivity index (χ4v) is 8.54. The second kappa shape index (κ2) is 22.5. The minimum Gasteiger partial charge on any atom is -0.469 e. The van der Waals surface area contributed by atoms with E-state index < -0.39 is 103 Å². The van der Waals surface area contributed by atoms with Crippen LogP contribution in [0.5, 0.6) is 0 Å². The topological polar surface area (TPSA) is 187 Å². The summed E-state index contributed by atoms with van der Waals surface area (Å²) in [6.45, 7) is 10.9. The van der Waals surface area contributed by atoms with Crippen LogP contribution in [-0.4, -0.2) is 129 Å². The van der Waals surface area contributed by atoms with E-state index in [9.17, 15) is 24.3 Å². The molecule has 3 aliphatic heterocycles. The van der Waals surface area contributed by atoms with Gasteiger partial charge in [0.2, 0.25) is 0 Å². The molecule has 1 N–H and O–H groups in total. The van der Waals surface area contributed by atoms with Crippen LogP contribution >= 0.6 is 0 Å². The van der Waals surface area contributed by atoms with Gasteiger partial charge in [-0.25, -0.2) is 9.59 Å². The predicted octanol–water partition coefficient (Wildman–Crippen LogP) is 5.98. The third kappa shape index (κ3) is 12.5. The maximum absolute atomic E-state index is 13.7. The fourth-order valence-electron chi connectivity index (χ4n) is 8.54. The number of epoxide rings is 1. The molecule has 3 fully saturated rings. The molecule has 344 valence electrons. The van der Waals surface area contributed by atoms with Crippen LogP contribution in [0.3, 0.4) is 0 Å².